The Morgan fingerprint density at radius 3 is 2.35 bits per heavy atom. The lowest BCUT2D eigenvalue weighted by atomic mass is 10.0. The molecular formula is C26H20ClNO3. The van der Waals surface area contributed by atoms with Crippen LogP contribution in [-0.2, 0) is 4.74 Å². The van der Waals surface area contributed by atoms with Crippen molar-refractivity contribution in [1.82, 2.24) is 4.98 Å². The van der Waals surface area contributed by atoms with Gasteiger partial charge in [-0.05, 0) is 44.2 Å². The van der Waals surface area contributed by atoms with Gasteiger partial charge >= 0.3 is 5.97 Å². The number of nitrogens with zero attached hydrogens (tertiary/aromatic N) is 1. The first kappa shape index (κ1) is 20.8. The molecule has 4 aromatic rings. The molecule has 0 aliphatic carbocycles. The molecule has 0 bridgehead atoms. The van der Waals surface area contributed by atoms with E-state index in [2.05, 4.69) is 0 Å². The number of Topliss-reactive ketones (excluding diaryl/α,β-unsaturated/α-hetero) is 1. The minimum Gasteiger partial charge on any atom is -0.451 e. The van der Waals surface area contributed by atoms with E-state index in [4.69, 9.17) is 21.3 Å². The van der Waals surface area contributed by atoms with Crippen molar-refractivity contribution in [3.8, 4) is 11.3 Å². The van der Waals surface area contributed by atoms with Gasteiger partial charge in [0.15, 0.2) is 6.10 Å². The molecule has 0 amide bonds. The fraction of sp³-hybridized carbons (Fsp3) is 0.115. The first-order chi connectivity index (χ1) is 14.9. The normalized spacial score (nSPS) is 11.8. The van der Waals surface area contributed by atoms with Crippen LogP contribution in [0.4, 0.5) is 0 Å². The molecule has 4 nitrogen and oxygen atoms in total. The Bertz CT molecular complexity index is 1270. The number of esters is 1. The zero-order valence-electron chi connectivity index (χ0n) is 17.1. The molecule has 154 valence electrons. The fourth-order valence-electron chi connectivity index (χ4n) is 3.39. The summed E-state index contributed by atoms with van der Waals surface area (Å²) >= 11 is 6.00. The van der Waals surface area contributed by atoms with Crippen LogP contribution < -0.4 is 0 Å². The van der Waals surface area contributed by atoms with Gasteiger partial charge in [0.25, 0.3) is 0 Å². The van der Waals surface area contributed by atoms with Crippen LogP contribution in [0.15, 0.2) is 78.9 Å². The molecule has 1 atom stereocenters. The quantitative estimate of drug-likeness (QED) is 0.276. The van der Waals surface area contributed by atoms with Gasteiger partial charge in [0.05, 0.1) is 16.8 Å². The Morgan fingerprint density at radius 2 is 1.65 bits per heavy atom. The summed E-state index contributed by atoms with van der Waals surface area (Å²) in [5.41, 5.74) is 3.99. The van der Waals surface area contributed by atoms with Gasteiger partial charge in [0, 0.05) is 21.5 Å². The maximum absolute atomic E-state index is 13.1. The molecule has 0 saturated heterocycles. The van der Waals surface area contributed by atoms with E-state index in [-0.39, 0.29) is 5.78 Å². The van der Waals surface area contributed by atoms with Gasteiger partial charge in [-0.25, -0.2) is 9.78 Å². The number of hydrogen-bond acceptors (Lipinski definition) is 4. The summed E-state index contributed by atoms with van der Waals surface area (Å²) < 4.78 is 5.57. The molecule has 0 radical (unpaired) electrons. The summed E-state index contributed by atoms with van der Waals surface area (Å²) in [5, 5.41) is 1.30. The number of benzene rings is 3. The largest absolute Gasteiger partial charge is 0.451 e. The summed E-state index contributed by atoms with van der Waals surface area (Å²) in [7, 11) is 0. The monoisotopic (exact) mass is 429 g/mol. The molecular weight excluding hydrogens is 410 g/mol. The van der Waals surface area contributed by atoms with E-state index in [1.54, 1.807) is 49.4 Å². The summed E-state index contributed by atoms with van der Waals surface area (Å²) in [6.45, 7) is 3.53. The van der Waals surface area contributed by atoms with Crippen molar-refractivity contribution in [2.24, 2.45) is 0 Å². The third-order valence-electron chi connectivity index (χ3n) is 5.04. The molecule has 1 heterocycles. The molecule has 0 spiro atoms. The Kier molecular flexibility index (Phi) is 5.83. The van der Waals surface area contributed by atoms with Crippen molar-refractivity contribution in [3.63, 3.8) is 0 Å². The number of ether oxygens (including phenoxy) is 1. The van der Waals surface area contributed by atoms with E-state index in [1.807, 2.05) is 43.3 Å². The van der Waals surface area contributed by atoms with Crippen LogP contribution in [0.1, 0.15) is 33.2 Å². The van der Waals surface area contributed by atoms with Crippen LogP contribution in [0, 0.1) is 6.92 Å². The maximum atomic E-state index is 13.1. The third kappa shape index (κ3) is 4.49. The fourth-order valence-corrected chi connectivity index (χ4v) is 3.52. The van der Waals surface area contributed by atoms with E-state index in [1.165, 1.54) is 0 Å². The van der Waals surface area contributed by atoms with E-state index >= 15 is 0 Å². The van der Waals surface area contributed by atoms with Crippen molar-refractivity contribution >= 4 is 34.3 Å². The van der Waals surface area contributed by atoms with Crippen molar-refractivity contribution in [3.05, 3.63) is 101 Å². The zero-order chi connectivity index (χ0) is 22.0. The maximum Gasteiger partial charge on any atom is 0.339 e. The predicted octanol–water partition coefficient (Wildman–Crippen LogP) is 6.29. The number of fused-ring (bicyclic) bond motifs is 1. The first-order valence-corrected chi connectivity index (χ1v) is 10.3. The Hall–Kier alpha value is -3.50. The van der Waals surface area contributed by atoms with Crippen LogP contribution in [0.25, 0.3) is 22.2 Å². The van der Waals surface area contributed by atoms with Crippen molar-refractivity contribution in [1.29, 1.82) is 0 Å². The van der Waals surface area contributed by atoms with Crippen molar-refractivity contribution in [2.75, 3.05) is 0 Å². The SMILES string of the molecule is Cc1ccc2nc(-c3ccc(Cl)cc3)cc(C(=O)O[C@H](C)C(=O)c3ccccc3)c2c1. The summed E-state index contributed by atoms with van der Waals surface area (Å²) in [5.74, 6) is -0.814. The zero-order valence-corrected chi connectivity index (χ0v) is 17.9. The number of carbonyl (C=O) groups is 2. The molecule has 5 heteroatoms. The first-order valence-electron chi connectivity index (χ1n) is 9.90. The van der Waals surface area contributed by atoms with Crippen LogP contribution in [0.5, 0.6) is 0 Å². The molecule has 3 aromatic carbocycles. The van der Waals surface area contributed by atoms with Gasteiger partial charge in [-0.3, -0.25) is 4.79 Å². The second kappa shape index (κ2) is 8.70. The number of hydrogen-bond donors (Lipinski definition) is 0. The highest BCUT2D eigenvalue weighted by Crippen LogP contribution is 2.27. The van der Waals surface area contributed by atoms with E-state index in [0.29, 0.717) is 32.7 Å². The predicted molar refractivity (Wildman–Crippen MR) is 123 cm³/mol. The molecule has 0 unspecified atom stereocenters. The Labute approximate surface area is 185 Å². The molecule has 31 heavy (non-hydrogen) atoms. The van der Waals surface area contributed by atoms with Crippen molar-refractivity contribution in [2.45, 2.75) is 20.0 Å². The van der Waals surface area contributed by atoms with Gasteiger partial charge in [-0.15, -0.1) is 0 Å². The highest BCUT2D eigenvalue weighted by atomic mass is 35.5. The summed E-state index contributed by atoms with van der Waals surface area (Å²) in [6.07, 6.45) is -0.915. The Balaban J connectivity index is 1.72. The van der Waals surface area contributed by atoms with Gasteiger partial charge in [-0.2, -0.15) is 0 Å². The molecule has 0 fully saturated rings. The molecule has 1 aromatic heterocycles. The number of aromatic nitrogens is 1. The lowest BCUT2D eigenvalue weighted by Crippen LogP contribution is -2.24. The van der Waals surface area contributed by atoms with E-state index in [0.717, 1.165) is 11.1 Å². The molecule has 0 N–H and O–H groups in total. The third-order valence-corrected chi connectivity index (χ3v) is 5.29. The van der Waals surface area contributed by atoms with E-state index in [9.17, 15) is 9.59 Å². The molecule has 0 aliphatic heterocycles. The van der Waals surface area contributed by atoms with Gasteiger partial charge in [0.1, 0.15) is 0 Å². The second-order valence-electron chi connectivity index (χ2n) is 7.36. The minimum atomic E-state index is -0.915. The lowest BCUT2D eigenvalue weighted by Gasteiger charge is -2.15. The molecule has 4 rings (SSSR count). The van der Waals surface area contributed by atoms with Crippen molar-refractivity contribution < 1.29 is 14.3 Å². The number of pyridine rings is 1. The molecule has 0 aliphatic rings. The average Bonchev–Trinajstić information content (AvgIpc) is 2.78. The topological polar surface area (TPSA) is 56.3 Å². The summed E-state index contributed by atoms with van der Waals surface area (Å²) in [4.78, 5) is 30.5. The minimum absolute atomic E-state index is 0.249. The highest BCUT2D eigenvalue weighted by Gasteiger charge is 2.22. The number of halogens is 1. The number of rotatable bonds is 5. The standard InChI is InChI=1S/C26H20ClNO3/c1-16-8-13-23-21(14-16)22(15-24(28-23)18-9-11-20(27)12-10-18)26(30)31-17(2)25(29)19-6-4-3-5-7-19/h3-15,17H,1-2H3/t17-/m1/s1. The number of aryl methyl sites for hydroxylation is 1. The number of ketones is 1. The Morgan fingerprint density at radius 1 is 0.935 bits per heavy atom. The second-order valence-corrected chi connectivity index (χ2v) is 7.80. The van der Waals surface area contributed by atoms with Crippen LogP contribution in [0.2, 0.25) is 5.02 Å². The van der Waals surface area contributed by atoms with Crippen LogP contribution >= 0.6 is 11.6 Å². The number of carbonyl (C=O) groups excluding carboxylic acids is 2. The van der Waals surface area contributed by atoms with Crippen LogP contribution in [-0.4, -0.2) is 22.8 Å². The highest BCUT2D eigenvalue weighted by molar-refractivity contribution is 6.30. The van der Waals surface area contributed by atoms with Gasteiger partial charge < -0.3 is 4.74 Å². The smallest absolute Gasteiger partial charge is 0.339 e. The van der Waals surface area contributed by atoms with Gasteiger partial charge in [-0.1, -0.05) is 65.7 Å². The summed E-state index contributed by atoms with van der Waals surface area (Å²) in [6, 6.07) is 23.5. The average molecular weight is 430 g/mol. The van der Waals surface area contributed by atoms with E-state index < -0.39 is 12.1 Å². The van der Waals surface area contributed by atoms with Crippen LogP contribution in [0.3, 0.4) is 0 Å². The lowest BCUT2D eigenvalue weighted by molar-refractivity contribution is 0.0320. The van der Waals surface area contributed by atoms with Gasteiger partial charge in [0.2, 0.25) is 5.78 Å². The molecule has 0 saturated carbocycles.